The van der Waals surface area contributed by atoms with E-state index in [-0.39, 0.29) is 6.10 Å². The summed E-state index contributed by atoms with van der Waals surface area (Å²) in [6.45, 7) is 5.87. The average molecular weight is 219 g/mol. The van der Waals surface area contributed by atoms with E-state index < -0.39 is 0 Å². The standard InChI is InChI=1S/C11H25NO3/c1-11(13)5-7-12-6-3-4-8-15-10-9-14-2/h11-13H,3-10H2,1-2H3. The quantitative estimate of drug-likeness (QED) is 0.504. The van der Waals surface area contributed by atoms with Gasteiger partial charge in [-0.05, 0) is 39.3 Å². The summed E-state index contributed by atoms with van der Waals surface area (Å²) in [5, 5.41) is 12.3. The molecule has 0 radical (unpaired) electrons. The predicted molar refractivity (Wildman–Crippen MR) is 61.1 cm³/mol. The van der Waals surface area contributed by atoms with Crippen LogP contribution in [0.1, 0.15) is 26.2 Å². The van der Waals surface area contributed by atoms with E-state index in [2.05, 4.69) is 5.32 Å². The number of aliphatic hydroxyl groups is 1. The Morgan fingerprint density at radius 3 is 2.60 bits per heavy atom. The number of hydrogen-bond acceptors (Lipinski definition) is 4. The molecule has 92 valence electrons. The first kappa shape index (κ1) is 14.8. The molecular formula is C11H25NO3. The van der Waals surface area contributed by atoms with Crippen molar-refractivity contribution in [2.75, 3.05) is 40.0 Å². The largest absolute Gasteiger partial charge is 0.393 e. The maximum atomic E-state index is 9.00. The van der Waals surface area contributed by atoms with Crippen LogP contribution < -0.4 is 5.32 Å². The van der Waals surface area contributed by atoms with Crippen molar-refractivity contribution in [1.82, 2.24) is 5.32 Å². The molecule has 0 heterocycles. The molecule has 0 aromatic rings. The lowest BCUT2D eigenvalue weighted by Gasteiger charge is -2.06. The van der Waals surface area contributed by atoms with E-state index in [4.69, 9.17) is 14.6 Å². The Labute approximate surface area is 93.0 Å². The SMILES string of the molecule is COCCOCCCCNCCC(C)O. The first-order valence-electron chi connectivity index (χ1n) is 5.73. The summed E-state index contributed by atoms with van der Waals surface area (Å²) in [6.07, 6.45) is 2.82. The van der Waals surface area contributed by atoms with Crippen LogP contribution in [0, 0.1) is 0 Å². The molecule has 15 heavy (non-hydrogen) atoms. The average Bonchev–Trinajstić information content (AvgIpc) is 2.20. The fourth-order valence-corrected chi connectivity index (χ4v) is 1.13. The van der Waals surface area contributed by atoms with Gasteiger partial charge in [0.2, 0.25) is 0 Å². The van der Waals surface area contributed by atoms with Crippen LogP contribution in [-0.2, 0) is 9.47 Å². The maximum absolute atomic E-state index is 9.00. The summed E-state index contributed by atoms with van der Waals surface area (Å²) in [4.78, 5) is 0. The number of nitrogens with one attached hydrogen (secondary N) is 1. The molecule has 0 aliphatic rings. The van der Waals surface area contributed by atoms with Crippen molar-refractivity contribution in [3.05, 3.63) is 0 Å². The third kappa shape index (κ3) is 13.8. The van der Waals surface area contributed by atoms with E-state index in [1.807, 2.05) is 6.92 Å². The molecule has 0 amide bonds. The van der Waals surface area contributed by atoms with Crippen LogP contribution in [0.4, 0.5) is 0 Å². The second-order valence-electron chi connectivity index (χ2n) is 3.70. The summed E-state index contributed by atoms with van der Waals surface area (Å²) < 4.78 is 10.2. The zero-order valence-electron chi connectivity index (χ0n) is 10.00. The molecular weight excluding hydrogens is 194 g/mol. The third-order valence-electron chi connectivity index (χ3n) is 2.06. The molecule has 0 saturated heterocycles. The van der Waals surface area contributed by atoms with Gasteiger partial charge in [0.15, 0.2) is 0 Å². The normalized spacial score (nSPS) is 13.0. The molecule has 0 aromatic carbocycles. The fourth-order valence-electron chi connectivity index (χ4n) is 1.13. The zero-order valence-corrected chi connectivity index (χ0v) is 10.00. The van der Waals surface area contributed by atoms with E-state index in [0.29, 0.717) is 13.2 Å². The van der Waals surface area contributed by atoms with E-state index in [1.165, 1.54) is 0 Å². The van der Waals surface area contributed by atoms with Gasteiger partial charge in [-0.1, -0.05) is 0 Å². The van der Waals surface area contributed by atoms with Gasteiger partial charge in [-0.25, -0.2) is 0 Å². The minimum atomic E-state index is -0.199. The third-order valence-corrected chi connectivity index (χ3v) is 2.06. The van der Waals surface area contributed by atoms with Crippen molar-refractivity contribution in [1.29, 1.82) is 0 Å². The molecule has 0 rings (SSSR count). The summed E-state index contributed by atoms with van der Waals surface area (Å²) in [7, 11) is 1.68. The Morgan fingerprint density at radius 1 is 1.13 bits per heavy atom. The molecule has 1 atom stereocenters. The van der Waals surface area contributed by atoms with Gasteiger partial charge in [0.1, 0.15) is 0 Å². The number of ether oxygens (including phenoxy) is 2. The second-order valence-corrected chi connectivity index (χ2v) is 3.70. The van der Waals surface area contributed by atoms with Crippen LogP contribution in [0.15, 0.2) is 0 Å². The Kier molecular flexibility index (Phi) is 11.8. The number of methoxy groups -OCH3 is 1. The highest BCUT2D eigenvalue weighted by Crippen LogP contribution is 1.90. The molecule has 2 N–H and O–H groups in total. The molecule has 0 spiro atoms. The Morgan fingerprint density at radius 2 is 1.93 bits per heavy atom. The number of rotatable bonds is 11. The number of hydrogen-bond donors (Lipinski definition) is 2. The van der Waals surface area contributed by atoms with Crippen LogP contribution in [0.25, 0.3) is 0 Å². The predicted octanol–water partition coefficient (Wildman–Crippen LogP) is 0.790. The van der Waals surface area contributed by atoms with Crippen molar-refractivity contribution in [3.8, 4) is 0 Å². The van der Waals surface area contributed by atoms with Crippen molar-refractivity contribution in [2.45, 2.75) is 32.3 Å². The smallest absolute Gasteiger partial charge is 0.0700 e. The summed E-state index contributed by atoms with van der Waals surface area (Å²) in [6, 6.07) is 0. The van der Waals surface area contributed by atoms with Gasteiger partial charge < -0.3 is 19.9 Å². The van der Waals surface area contributed by atoms with Gasteiger partial charge in [0.25, 0.3) is 0 Å². The van der Waals surface area contributed by atoms with Crippen LogP contribution in [0.5, 0.6) is 0 Å². The number of aliphatic hydroxyl groups excluding tert-OH is 1. The Hall–Kier alpha value is -0.160. The highest BCUT2D eigenvalue weighted by Gasteiger charge is 1.94. The minimum absolute atomic E-state index is 0.199. The van der Waals surface area contributed by atoms with Gasteiger partial charge in [-0.2, -0.15) is 0 Å². The molecule has 0 fully saturated rings. The summed E-state index contributed by atoms with van der Waals surface area (Å²) in [5.74, 6) is 0. The molecule has 4 nitrogen and oxygen atoms in total. The zero-order chi connectivity index (χ0) is 11.4. The van der Waals surface area contributed by atoms with Gasteiger partial charge in [0.05, 0.1) is 19.3 Å². The molecule has 0 aliphatic carbocycles. The first-order chi connectivity index (χ1) is 7.27. The maximum Gasteiger partial charge on any atom is 0.0700 e. The Bertz CT molecular complexity index is 120. The first-order valence-corrected chi connectivity index (χ1v) is 5.73. The topological polar surface area (TPSA) is 50.7 Å². The Balaban J connectivity index is 2.87. The lowest BCUT2D eigenvalue weighted by atomic mass is 10.3. The van der Waals surface area contributed by atoms with Gasteiger partial charge in [0, 0.05) is 13.7 Å². The van der Waals surface area contributed by atoms with Crippen LogP contribution in [-0.4, -0.2) is 51.2 Å². The molecule has 4 heteroatoms. The van der Waals surface area contributed by atoms with Crippen molar-refractivity contribution in [2.24, 2.45) is 0 Å². The van der Waals surface area contributed by atoms with E-state index in [1.54, 1.807) is 7.11 Å². The van der Waals surface area contributed by atoms with Gasteiger partial charge in [-0.3, -0.25) is 0 Å². The van der Waals surface area contributed by atoms with E-state index >= 15 is 0 Å². The van der Waals surface area contributed by atoms with Crippen molar-refractivity contribution in [3.63, 3.8) is 0 Å². The summed E-state index contributed by atoms with van der Waals surface area (Å²) >= 11 is 0. The molecule has 0 bridgehead atoms. The van der Waals surface area contributed by atoms with Crippen molar-refractivity contribution >= 4 is 0 Å². The molecule has 0 saturated carbocycles. The van der Waals surface area contributed by atoms with Gasteiger partial charge >= 0.3 is 0 Å². The summed E-state index contributed by atoms with van der Waals surface area (Å²) in [5.41, 5.74) is 0. The lowest BCUT2D eigenvalue weighted by Crippen LogP contribution is -2.20. The molecule has 1 unspecified atom stereocenters. The fraction of sp³-hybridized carbons (Fsp3) is 1.00. The monoisotopic (exact) mass is 219 g/mol. The lowest BCUT2D eigenvalue weighted by molar-refractivity contribution is 0.0688. The van der Waals surface area contributed by atoms with Crippen LogP contribution in [0.3, 0.4) is 0 Å². The van der Waals surface area contributed by atoms with Crippen LogP contribution >= 0.6 is 0 Å². The minimum Gasteiger partial charge on any atom is -0.393 e. The molecule has 0 aliphatic heterocycles. The highest BCUT2D eigenvalue weighted by molar-refractivity contribution is 4.52. The molecule has 0 aromatic heterocycles. The van der Waals surface area contributed by atoms with Crippen molar-refractivity contribution < 1.29 is 14.6 Å². The number of unbranched alkanes of at least 4 members (excludes halogenated alkanes) is 1. The van der Waals surface area contributed by atoms with Gasteiger partial charge in [-0.15, -0.1) is 0 Å². The second kappa shape index (κ2) is 11.9. The highest BCUT2D eigenvalue weighted by atomic mass is 16.5. The van der Waals surface area contributed by atoms with Crippen LogP contribution in [0.2, 0.25) is 0 Å². The van der Waals surface area contributed by atoms with E-state index in [0.717, 1.165) is 39.0 Å². The van der Waals surface area contributed by atoms with E-state index in [9.17, 15) is 0 Å².